The van der Waals surface area contributed by atoms with Crippen LogP contribution in [-0.4, -0.2) is 17.5 Å². The van der Waals surface area contributed by atoms with Crippen molar-refractivity contribution in [2.24, 2.45) is 0 Å². The molecule has 2 aromatic rings. The number of nitrogens with zero attached hydrogens (tertiary/aromatic N) is 2. The molecule has 0 aromatic heterocycles. The lowest BCUT2D eigenvalue weighted by Gasteiger charge is -2.12. The van der Waals surface area contributed by atoms with Crippen LogP contribution in [0.1, 0.15) is 15.9 Å². The monoisotopic (exact) mass is 345 g/mol. The molecule has 0 bridgehead atoms. The highest BCUT2D eigenvalue weighted by molar-refractivity contribution is 6.31. The zero-order valence-electron chi connectivity index (χ0n) is 12.4. The first-order valence-electron chi connectivity index (χ1n) is 6.82. The third-order valence-corrected chi connectivity index (χ3v) is 3.50. The Morgan fingerprint density at radius 3 is 2.75 bits per heavy atom. The van der Waals surface area contributed by atoms with E-state index in [4.69, 9.17) is 21.6 Å². The molecule has 0 amide bonds. The third-order valence-electron chi connectivity index (χ3n) is 3.13. The van der Waals surface area contributed by atoms with Gasteiger partial charge >= 0.3 is 5.97 Å². The molecule has 1 N–H and O–H groups in total. The molecule has 0 unspecified atom stereocenters. The molecule has 2 aromatic carbocycles. The fraction of sp³-hybridized carbons (Fsp3) is 0.125. The first kappa shape index (κ1) is 17.2. The van der Waals surface area contributed by atoms with Crippen molar-refractivity contribution in [3.8, 4) is 6.07 Å². The van der Waals surface area contributed by atoms with Crippen molar-refractivity contribution < 1.29 is 14.5 Å². The van der Waals surface area contributed by atoms with Gasteiger partial charge in [0.25, 0.3) is 5.69 Å². The van der Waals surface area contributed by atoms with Crippen molar-refractivity contribution in [3.63, 3.8) is 0 Å². The van der Waals surface area contributed by atoms with Gasteiger partial charge in [0.15, 0.2) is 6.61 Å². The van der Waals surface area contributed by atoms with E-state index in [0.717, 1.165) is 11.6 Å². The highest BCUT2D eigenvalue weighted by atomic mass is 35.5. The second-order valence-electron chi connectivity index (χ2n) is 4.67. The second kappa shape index (κ2) is 7.94. The smallest absolute Gasteiger partial charge is 0.341 e. The summed E-state index contributed by atoms with van der Waals surface area (Å²) in [5.41, 5.74) is 0.881. The number of ether oxygens (including phenoxy) is 1. The number of benzene rings is 2. The highest BCUT2D eigenvalue weighted by Gasteiger charge is 2.18. The van der Waals surface area contributed by atoms with E-state index in [1.807, 2.05) is 12.1 Å². The van der Waals surface area contributed by atoms with Gasteiger partial charge in [-0.25, -0.2) is 4.79 Å². The standard InChI is InChI=1S/C16H12ClN3O4/c17-14-4-2-1-3-11(14)10-19-15-6-5-12(20(22)23)9-13(15)16(21)24-8-7-18/h1-6,9,19H,8,10H2. The number of carbonyl (C=O) groups excluding carboxylic acids is 1. The maximum atomic E-state index is 12.0. The number of nitriles is 1. The van der Waals surface area contributed by atoms with Crippen molar-refractivity contribution in [2.45, 2.75) is 6.54 Å². The predicted octanol–water partition coefficient (Wildman–Crippen LogP) is 3.54. The van der Waals surface area contributed by atoms with E-state index in [-0.39, 0.29) is 11.3 Å². The molecule has 2 rings (SSSR count). The van der Waals surface area contributed by atoms with Crippen LogP contribution < -0.4 is 5.32 Å². The maximum Gasteiger partial charge on any atom is 0.341 e. The van der Waals surface area contributed by atoms with Crippen LogP contribution in [0.3, 0.4) is 0 Å². The molecule has 0 fully saturated rings. The van der Waals surface area contributed by atoms with Crippen LogP contribution >= 0.6 is 11.6 Å². The van der Waals surface area contributed by atoms with Crippen LogP contribution in [-0.2, 0) is 11.3 Å². The SMILES string of the molecule is N#CCOC(=O)c1cc([N+](=O)[O-])ccc1NCc1ccccc1Cl. The summed E-state index contributed by atoms with van der Waals surface area (Å²) in [4.78, 5) is 22.3. The Kier molecular flexibility index (Phi) is 5.71. The zero-order valence-corrected chi connectivity index (χ0v) is 13.1. The molecule has 0 spiro atoms. The normalized spacial score (nSPS) is 9.83. The number of hydrogen-bond donors (Lipinski definition) is 1. The van der Waals surface area contributed by atoms with E-state index in [1.54, 1.807) is 18.2 Å². The Labute approximate surface area is 142 Å². The summed E-state index contributed by atoms with van der Waals surface area (Å²) in [5, 5.41) is 22.9. The number of hydrogen-bond acceptors (Lipinski definition) is 6. The second-order valence-corrected chi connectivity index (χ2v) is 5.07. The highest BCUT2D eigenvalue weighted by Crippen LogP contribution is 2.24. The molecular formula is C16H12ClN3O4. The van der Waals surface area contributed by atoms with Crippen molar-refractivity contribution in [1.29, 1.82) is 5.26 Å². The van der Waals surface area contributed by atoms with Gasteiger partial charge in [-0.2, -0.15) is 5.26 Å². The molecule has 0 aliphatic carbocycles. The molecule has 0 saturated heterocycles. The molecular weight excluding hydrogens is 334 g/mol. The van der Waals surface area contributed by atoms with Crippen LogP contribution in [0.15, 0.2) is 42.5 Å². The number of carbonyl (C=O) groups is 1. The van der Waals surface area contributed by atoms with Crippen molar-refractivity contribution >= 4 is 28.9 Å². The van der Waals surface area contributed by atoms with Gasteiger partial charge in [-0.1, -0.05) is 29.8 Å². The first-order valence-corrected chi connectivity index (χ1v) is 7.20. The number of nitro benzene ring substituents is 1. The van der Waals surface area contributed by atoms with E-state index in [1.165, 1.54) is 12.1 Å². The average molecular weight is 346 g/mol. The molecule has 0 atom stereocenters. The zero-order chi connectivity index (χ0) is 17.5. The predicted molar refractivity (Wildman–Crippen MR) is 87.8 cm³/mol. The summed E-state index contributed by atoms with van der Waals surface area (Å²) < 4.78 is 4.74. The van der Waals surface area contributed by atoms with Crippen LogP contribution in [0.2, 0.25) is 5.02 Å². The van der Waals surface area contributed by atoms with E-state index in [2.05, 4.69) is 5.32 Å². The van der Waals surface area contributed by atoms with Gasteiger partial charge in [0, 0.05) is 29.4 Å². The minimum Gasteiger partial charge on any atom is -0.447 e. The van der Waals surface area contributed by atoms with E-state index < -0.39 is 17.5 Å². The van der Waals surface area contributed by atoms with Crippen LogP contribution in [0.5, 0.6) is 0 Å². The number of nitrogens with one attached hydrogen (secondary N) is 1. The molecule has 122 valence electrons. The summed E-state index contributed by atoms with van der Waals surface area (Å²) in [6.45, 7) is -0.124. The molecule has 0 heterocycles. The molecule has 0 aliphatic rings. The van der Waals surface area contributed by atoms with Crippen LogP contribution in [0, 0.1) is 21.4 Å². The Bertz CT molecular complexity index is 817. The lowest BCUT2D eigenvalue weighted by atomic mass is 10.1. The lowest BCUT2D eigenvalue weighted by molar-refractivity contribution is -0.384. The van der Waals surface area contributed by atoms with Gasteiger partial charge in [-0.05, 0) is 17.7 Å². The number of nitro groups is 1. The third kappa shape index (κ3) is 4.21. The summed E-state index contributed by atoms with van der Waals surface area (Å²) in [5.74, 6) is -0.818. The fourth-order valence-corrected chi connectivity index (χ4v) is 2.18. The molecule has 0 radical (unpaired) electrons. The van der Waals surface area contributed by atoms with Gasteiger partial charge in [0.2, 0.25) is 0 Å². The molecule has 8 heteroatoms. The van der Waals surface area contributed by atoms with Gasteiger partial charge in [-0.3, -0.25) is 10.1 Å². The largest absolute Gasteiger partial charge is 0.447 e. The summed E-state index contributed by atoms with van der Waals surface area (Å²) >= 11 is 6.07. The Hall–Kier alpha value is -3.11. The minimum absolute atomic E-state index is 0.0218. The number of non-ortho nitro benzene ring substituents is 1. The first-order chi connectivity index (χ1) is 11.5. The maximum absolute atomic E-state index is 12.0. The quantitative estimate of drug-likeness (QED) is 0.487. The summed E-state index contributed by atoms with van der Waals surface area (Å²) in [6, 6.07) is 12.6. The van der Waals surface area contributed by atoms with Gasteiger partial charge in [0.1, 0.15) is 6.07 Å². The molecule has 0 saturated carbocycles. The van der Waals surface area contributed by atoms with E-state index in [0.29, 0.717) is 17.3 Å². The molecule has 24 heavy (non-hydrogen) atoms. The van der Waals surface area contributed by atoms with Gasteiger partial charge in [-0.15, -0.1) is 0 Å². The van der Waals surface area contributed by atoms with E-state index in [9.17, 15) is 14.9 Å². The van der Waals surface area contributed by atoms with Crippen LogP contribution in [0.25, 0.3) is 0 Å². The van der Waals surface area contributed by atoms with Gasteiger partial charge < -0.3 is 10.1 Å². The molecule has 0 aliphatic heterocycles. The van der Waals surface area contributed by atoms with Crippen molar-refractivity contribution in [2.75, 3.05) is 11.9 Å². The number of anilines is 1. The topological polar surface area (TPSA) is 105 Å². The average Bonchev–Trinajstić information content (AvgIpc) is 2.58. The minimum atomic E-state index is -0.818. The van der Waals surface area contributed by atoms with Crippen LogP contribution in [0.4, 0.5) is 11.4 Å². The number of rotatable bonds is 6. The fourth-order valence-electron chi connectivity index (χ4n) is 1.98. The van der Waals surface area contributed by atoms with E-state index >= 15 is 0 Å². The van der Waals surface area contributed by atoms with Gasteiger partial charge in [0.05, 0.1) is 10.5 Å². The van der Waals surface area contributed by atoms with Crippen molar-refractivity contribution in [1.82, 2.24) is 0 Å². The Balaban J connectivity index is 2.27. The molecule has 7 nitrogen and oxygen atoms in total. The Morgan fingerprint density at radius 1 is 1.33 bits per heavy atom. The number of halogens is 1. The summed E-state index contributed by atoms with van der Waals surface area (Å²) in [6.07, 6.45) is 0. The summed E-state index contributed by atoms with van der Waals surface area (Å²) in [7, 11) is 0. The number of esters is 1. The Morgan fingerprint density at radius 2 is 2.08 bits per heavy atom. The lowest BCUT2D eigenvalue weighted by Crippen LogP contribution is -2.11. The van der Waals surface area contributed by atoms with Crippen molar-refractivity contribution in [3.05, 3.63) is 68.7 Å².